The van der Waals surface area contributed by atoms with Crippen LogP contribution in [0.4, 0.5) is 24.8 Å². The van der Waals surface area contributed by atoms with Gasteiger partial charge in [-0.15, -0.1) is 0 Å². The van der Waals surface area contributed by atoms with Crippen molar-refractivity contribution < 1.29 is 22.8 Å². The van der Waals surface area contributed by atoms with Crippen LogP contribution in [0.3, 0.4) is 0 Å². The lowest BCUT2D eigenvalue weighted by Crippen LogP contribution is -2.48. The lowest BCUT2D eigenvalue weighted by Gasteiger charge is -2.35. The number of anilines is 2. The van der Waals surface area contributed by atoms with E-state index < -0.39 is 17.6 Å². The Labute approximate surface area is 194 Å². The molecule has 3 rings (SSSR count). The van der Waals surface area contributed by atoms with Gasteiger partial charge in [-0.3, -0.25) is 9.59 Å². The smallest absolute Gasteiger partial charge is 0.354 e. The number of carbonyl (C=O) groups excluding carboxylic acids is 2. The van der Waals surface area contributed by atoms with Gasteiger partial charge in [-0.25, -0.2) is 9.97 Å². The van der Waals surface area contributed by atoms with Crippen LogP contribution in [-0.4, -0.2) is 40.9 Å². The van der Waals surface area contributed by atoms with Gasteiger partial charge in [0.25, 0.3) is 5.91 Å². The molecule has 0 spiro atoms. The van der Waals surface area contributed by atoms with E-state index in [0.29, 0.717) is 30.6 Å². The average Bonchev–Trinajstić information content (AvgIpc) is 2.72. The zero-order chi connectivity index (χ0) is 24.3. The molecule has 2 aromatic heterocycles. The van der Waals surface area contributed by atoms with Crippen molar-refractivity contribution in [2.75, 3.05) is 23.3 Å². The number of rotatable bonds is 5. The van der Waals surface area contributed by atoms with E-state index in [9.17, 15) is 22.8 Å². The first-order chi connectivity index (χ1) is 15.4. The number of piperidine rings is 1. The van der Waals surface area contributed by atoms with Crippen LogP contribution in [0.15, 0.2) is 24.4 Å². The summed E-state index contributed by atoms with van der Waals surface area (Å²) in [6, 6.07) is 3.54. The number of pyridine rings is 2. The molecule has 1 aliphatic heterocycles. The first-order valence-corrected chi connectivity index (χ1v) is 10.9. The van der Waals surface area contributed by atoms with Crippen LogP contribution in [0.25, 0.3) is 0 Å². The summed E-state index contributed by atoms with van der Waals surface area (Å²) in [5.74, 6) is -0.805. The highest BCUT2D eigenvalue weighted by Crippen LogP contribution is 2.37. The predicted molar refractivity (Wildman–Crippen MR) is 119 cm³/mol. The molecule has 0 bridgehead atoms. The monoisotopic (exact) mass is 483 g/mol. The first kappa shape index (κ1) is 24.8. The van der Waals surface area contributed by atoms with Gasteiger partial charge in [0.15, 0.2) is 0 Å². The number of alkyl halides is 3. The van der Waals surface area contributed by atoms with Gasteiger partial charge in [0.05, 0.1) is 10.6 Å². The molecule has 3 heterocycles. The number of amides is 2. The van der Waals surface area contributed by atoms with Crippen LogP contribution in [0, 0.1) is 12.8 Å². The molecule has 0 radical (unpaired) electrons. The number of aryl methyl sites for hydroxylation is 1. The van der Waals surface area contributed by atoms with Crippen molar-refractivity contribution >= 4 is 35.1 Å². The van der Waals surface area contributed by atoms with Gasteiger partial charge in [-0.2, -0.15) is 13.2 Å². The van der Waals surface area contributed by atoms with Gasteiger partial charge < -0.3 is 15.5 Å². The molecule has 11 heteroatoms. The summed E-state index contributed by atoms with van der Waals surface area (Å²) in [6.07, 6.45) is -2.23. The SMILES string of the molecule is Cc1cc(C(=O)N[C@@H]2CCCN(c3ncc(Cl)cc3C(F)(F)F)C2)cc(NC(=O)C(C)C)n1. The fourth-order valence-electron chi connectivity index (χ4n) is 3.58. The fourth-order valence-corrected chi connectivity index (χ4v) is 3.74. The minimum Gasteiger partial charge on any atom is -0.354 e. The van der Waals surface area contributed by atoms with Crippen LogP contribution >= 0.6 is 11.6 Å². The molecule has 2 N–H and O–H groups in total. The first-order valence-electron chi connectivity index (χ1n) is 10.5. The third-order valence-electron chi connectivity index (χ3n) is 5.19. The molecule has 2 aromatic rings. The maximum atomic E-state index is 13.5. The zero-order valence-electron chi connectivity index (χ0n) is 18.5. The summed E-state index contributed by atoms with van der Waals surface area (Å²) in [5.41, 5.74) is -0.0521. The van der Waals surface area contributed by atoms with Crippen molar-refractivity contribution in [3.8, 4) is 0 Å². The van der Waals surface area contributed by atoms with Crippen molar-refractivity contribution in [2.24, 2.45) is 5.92 Å². The van der Waals surface area contributed by atoms with Crippen molar-refractivity contribution in [1.82, 2.24) is 15.3 Å². The van der Waals surface area contributed by atoms with E-state index >= 15 is 0 Å². The topological polar surface area (TPSA) is 87.2 Å². The summed E-state index contributed by atoms with van der Waals surface area (Å²) in [5, 5.41) is 5.45. The van der Waals surface area contributed by atoms with Gasteiger partial charge in [0, 0.05) is 42.5 Å². The van der Waals surface area contributed by atoms with Crippen molar-refractivity contribution in [3.63, 3.8) is 0 Å². The maximum Gasteiger partial charge on any atom is 0.420 e. The molecule has 1 fully saturated rings. The molecule has 178 valence electrons. The largest absolute Gasteiger partial charge is 0.420 e. The molecule has 1 saturated heterocycles. The van der Waals surface area contributed by atoms with E-state index in [1.165, 1.54) is 17.2 Å². The van der Waals surface area contributed by atoms with Gasteiger partial charge in [-0.1, -0.05) is 25.4 Å². The normalized spacial score (nSPS) is 16.6. The molecular weight excluding hydrogens is 459 g/mol. The van der Waals surface area contributed by atoms with E-state index in [0.717, 1.165) is 6.07 Å². The number of carbonyl (C=O) groups is 2. The predicted octanol–water partition coefficient (Wildman–Crippen LogP) is 4.45. The molecule has 2 amide bonds. The van der Waals surface area contributed by atoms with E-state index in [1.54, 1.807) is 26.8 Å². The van der Waals surface area contributed by atoms with E-state index in [4.69, 9.17) is 11.6 Å². The third kappa shape index (κ3) is 6.34. The lowest BCUT2D eigenvalue weighted by atomic mass is 10.0. The van der Waals surface area contributed by atoms with Crippen LogP contribution < -0.4 is 15.5 Å². The quantitative estimate of drug-likeness (QED) is 0.656. The second-order valence-corrected chi connectivity index (χ2v) is 8.74. The Morgan fingerprint density at radius 1 is 1.24 bits per heavy atom. The minimum atomic E-state index is -4.60. The maximum absolute atomic E-state index is 13.5. The molecule has 0 aromatic carbocycles. The number of nitrogens with zero attached hydrogens (tertiary/aromatic N) is 3. The molecule has 33 heavy (non-hydrogen) atoms. The van der Waals surface area contributed by atoms with Gasteiger partial charge in [0.2, 0.25) is 5.91 Å². The summed E-state index contributed by atoms with van der Waals surface area (Å²) >= 11 is 5.73. The highest BCUT2D eigenvalue weighted by Gasteiger charge is 2.37. The molecule has 0 saturated carbocycles. The number of nitrogens with one attached hydrogen (secondary N) is 2. The Hall–Kier alpha value is -2.88. The fraction of sp³-hybridized carbons (Fsp3) is 0.455. The Kier molecular flexibility index (Phi) is 7.46. The zero-order valence-corrected chi connectivity index (χ0v) is 19.2. The average molecular weight is 484 g/mol. The Bertz CT molecular complexity index is 1050. The lowest BCUT2D eigenvalue weighted by molar-refractivity contribution is -0.137. The highest BCUT2D eigenvalue weighted by molar-refractivity contribution is 6.30. The summed E-state index contributed by atoms with van der Waals surface area (Å²) in [4.78, 5) is 34.5. The van der Waals surface area contributed by atoms with Crippen molar-refractivity contribution in [3.05, 3.63) is 46.2 Å². The minimum absolute atomic E-state index is 0.0960. The third-order valence-corrected chi connectivity index (χ3v) is 5.39. The van der Waals surface area contributed by atoms with E-state index in [2.05, 4.69) is 20.6 Å². The number of hydrogen-bond donors (Lipinski definition) is 2. The second kappa shape index (κ2) is 9.94. The molecular formula is C22H25ClF3N5O2. The van der Waals surface area contributed by atoms with E-state index in [-0.39, 0.29) is 41.1 Å². The standard InChI is InChI=1S/C22H25ClF3N5O2/c1-12(2)20(32)30-18-8-14(7-13(3)28-18)21(33)29-16-5-4-6-31(11-16)19-17(22(24,25)26)9-15(23)10-27-19/h7-10,12,16H,4-6,11H2,1-3H3,(H,29,33)(H,28,30,32)/t16-/m1/s1. The van der Waals surface area contributed by atoms with Crippen LogP contribution in [0.1, 0.15) is 48.3 Å². The Morgan fingerprint density at radius 2 is 1.97 bits per heavy atom. The summed E-state index contributed by atoms with van der Waals surface area (Å²) in [6.45, 7) is 5.74. The molecule has 0 aliphatic carbocycles. The van der Waals surface area contributed by atoms with Gasteiger partial charge in [-0.05, 0) is 38.0 Å². The van der Waals surface area contributed by atoms with Crippen LogP contribution in [-0.2, 0) is 11.0 Å². The van der Waals surface area contributed by atoms with Gasteiger partial charge >= 0.3 is 6.18 Å². The van der Waals surface area contributed by atoms with E-state index in [1.807, 2.05) is 0 Å². The number of aromatic nitrogens is 2. The van der Waals surface area contributed by atoms with Crippen molar-refractivity contribution in [2.45, 2.75) is 45.8 Å². The molecule has 1 atom stereocenters. The van der Waals surface area contributed by atoms with Gasteiger partial charge in [0.1, 0.15) is 11.6 Å². The number of halogens is 4. The molecule has 1 aliphatic rings. The van der Waals surface area contributed by atoms with Crippen LogP contribution in [0.5, 0.6) is 0 Å². The second-order valence-electron chi connectivity index (χ2n) is 8.31. The molecule has 7 nitrogen and oxygen atoms in total. The number of hydrogen-bond acceptors (Lipinski definition) is 5. The highest BCUT2D eigenvalue weighted by atomic mass is 35.5. The van der Waals surface area contributed by atoms with Crippen LogP contribution in [0.2, 0.25) is 5.02 Å². The van der Waals surface area contributed by atoms with Crippen molar-refractivity contribution in [1.29, 1.82) is 0 Å². The summed E-state index contributed by atoms with van der Waals surface area (Å²) in [7, 11) is 0. The summed E-state index contributed by atoms with van der Waals surface area (Å²) < 4.78 is 40.5. The Balaban J connectivity index is 1.75. The molecule has 0 unspecified atom stereocenters. The Morgan fingerprint density at radius 3 is 2.64 bits per heavy atom.